The molecule has 4 nitrogen and oxygen atoms in total. The van der Waals surface area contributed by atoms with E-state index in [1.54, 1.807) is 0 Å². The second-order valence-corrected chi connectivity index (χ2v) is 5.80. The molecule has 3 rings (SSSR count). The monoisotopic (exact) mass is 240 g/mol. The molecule has 3 aliphatic carbocycles. The zero-order valence-electron chi connectivity index (χ0n) is 10.9. The van der Waals surface area contributed by atoms with Gasteiger partial charge in [0.25, 0.3) is 0 Å². The van der Waals surface area contributed by atoms with Gasteiger partial charge >= 0.3 is 11.9 Å². The molecule has 0 aliphatic heterocycles. The largest absolute Gasteiger partial charge is 0.462 e. The third-order valence-electron chi connectivity index (χ3n) is 4.42. The number of ether oxygens (including phenoxy) is 2. The van der Waals surface area contributed by atoms with Crippen LogP contribution in [-0.4, -0.2) is 24.1 Å². The van der Waals surface area contributed by atoms with Gasteiger partial charge in [0.15, 0.2) is 0 Å². The van der Waals surface area contributed by atoms with Crippen LogP contribution in [0.15, 0.2) is 0 Å². The normalized spacial score (nSPS) is 37.9. The van der Waals surface area contributed by atoms with Gasteiger partial charge in [-0.2, -0.15) is 0 Å². The van der Waals surface area contributed by atoms with Crippen molar-refractivity contribution in [3.63, 3.8) is 0 Å². The van der Waals surface area contributed by atoms with Crippen LogP contribution in [0, 0.1) is 17.3 Å². The molecule has 0 aromatic rings. The molecule has 0 N–H and O–H groups in total. The van der Waals surface area contributed by atoms with Crippen molar-refractivity contribution in [2.45, 2.75) is 52.7 Å². The first-order valence-electron chi connectivity index (χ1n) is 6.16. The van der Waals surface area contributed by atoms with E-state index in [0.717, 1.165) is 6.42 Å². The number of carbonyl (C=O) groups is 2. The highest BCUT2D eigenvalue weighted by Gasteiger charge is 2.60. The van der Waals surface area contributed by atoms with E-state index in [4.69, 9.17) is 9.47 Å². The minimum Gasteiger partial charge on any atom is -0.462 e. The van der Waals surface area contributed by atoms with Gasteiger partial charge in [-0.05, 0) is 11.8 Å². The third-order valence-corrected chi connectivity index (χ3v) is 4.42. The van der Waals surface area contributed by atoms with Gasteiger partial charge in [-0.1, -0.05) is 13.8 Å². The molecule has 0 aromatic carbocycles. The number of rotatable bonds is 2. The molecule has 17 heavy (non-hydrogen) atoms. The fourth-order valence-corrected chi connectivity index (χ4v) is 3.50. The molecule has 3 aliphatic rings. The van der Waals surface area contributed by atoms with Crippen LogP contribution in [-0.2, 0) is 19.1 Å². The lowest BCUT2D eigenvalue weighted by molar-refractivity contribution is -0.220. The van der Waals surface area contributed by atoms with E-state index >= 15 is 0 Å². The average Bonchev–Trinajstić information content (AvgIpc) is 2.13. The minimum absolute atomic E-state index is 0.0957. The molecule has 0 heterocycles. The Balaban J connectivity index is 2.11. The Morgan fingerprint density at radius 2 is 1.35 bits per heavy atom. The molecule has 3 fully saturated rings. The van der Waals surface area contributed by atoms with Gasteiger partial charge in [-0.25, -0.2) is 0 Å². The Labute approximate surface area is 102 Å². The zero-order valence-corrected chi connectivity index (χ0v) is 10.9. The fraction of sp³-hybridized carbons (Fsp3) is 0.846. The lowest BCUT2D eigenvalue weighted by Gasteiger charge is -2.61. The Hall–Kier alpha value is -1.06. The Morgan fingerprint density at radius 3 is 1.65 bits per heavy atom. The number of esters is 2. The number of fused-ring (bicyclic) bond motifs is 2. The summed E-state index contributed by atoms with van der Waals surface area (Å²) in [7, 11) is 0. The lowest BCUT2D eigenvalue weighted by Crippen LogP contribution is -2.62. The summed E-state index contributed by atoms with van der Waals surface area (Å²) in [5, 5.41) is 0. The molecule has 3 unspecified atom stereocenters. The van der Waals surface area contributed by atoms with Crippen molar-refractivity contribution in [1.29, 1.82) is 0 Å². The third kappa shape index (κ3) is 2.05. The minimum atomic E-state index is -0.252. The van der Waals surface area contributed by atoms with Gasteiger partial charge < -0.3 is 9.47 Å². The second-order valence-electron chi connectivity index (χ2n) is 5.80. The smallest absolute Gasteiger partial charge is 0.302 e. The molecule has 0 saturated heterocycles. The van der Waals surface area contributed by atoms with Crippen LogP contribution in [0.2, 0.25) is 0 Å². The second kappa shape index (κ2) is 4.00. The summed E-state index contributed by atoms with van der Waals surface area (Å²) in [4.78, 5) is 22.2. The first-order chi connectivity index (χ1) is 7.82. The van der Waals surface area contributed by atoms with E-state index in [-0.39, 0.29) is 29.6 Å². The highest BCUT2D eigenvalue weighted by molar-refractivity contribution is 5.67. The van der Waals surface area contributed by atoms with Crippen LogP contribution in [0.3, 0.4) is 0 Å². The maximum absolute atomic E-state index is 11.1. The molecular formula is C13H20O4. The van der Waals surface area contributed by atoms with Crippen molar-refractivity contribution in [1.82, 2.24) is 0 Å². The Bertz CT molecular complexity index is 317. The molecule has 96 valence electrons. The van der Waals surface area contributed by atoms with Crippen LogP contribution >= 0.6 is 0 Å². The van der Waals surface area contributed by atoms with Gasteiger partial charge in [-0.3, -0.25) is 9.59 Å². The zero-order chi connectivity index (χ0) is 12.8. The first kappa shape index (κ1) is 12.4. The van der Waals surface area contributed by atoms with Crippen molar-refractivity contribution in [2.24, 2.45) is 17.3 Å². The van der Waals surface area contributed by atoms with Crippen LogP contribution in [0.25, 0.3) is 0 Å². The van der Waals surface area contributed by atoms with Gasteiger partial charge in [-0.15, -0.1) is 0 Å². The van der Waals surface area contributed by atoms with Crippen molar-refractivity contribution in [3.8, 4) is 0 Å². The van der Waals surface area contributed by atoms with E-state index in [0.29, 0.717) is 18.3 Å². The maximum Gasteiger partial charge on any atom is 0.302 e. The van der Waals surface area contributed by atoms with E-state index in [1.165, 1.54) is 13.8 Å². The standard InChI is InChI=1S/C13H20O4/c1-7(14)16-11-6-12(17-8(2)15)10-5-9(11)13(10,3)4/h9-12H,5-6H2,1-4H3/t9-,10?,11?,12?/m1/s1. The van der Waals surface area contributed by atoms with Crippen molar-refractivity contribution >= 4 is 11.9 Å². The van der Waals surface area contributed by atoms with Crippen molar-refractivity contribution in [3.05, 3.63) is 0 Å². The Kier molecular flexibility index (Phi) is 2.92. The predicted octanol–water partition coefficient (Wildman–Crippen LogP) is 1.92. The van der Waals surface area contributed by atoms with Gasteiger partial charge in [0.1, 0.15) is 12.2 Å². The quantitative estimate of drug-likeness (QED) is 0.692. The van der Waals surface area contributed by atoms with Crippen LogP contribution in [0.1, 0.15) is 40.5 Å². The highest BCUT2D eigenvalue weighted by Crippen LogP contribution is 2.60. The SMILES string of the molecule is CC(=O)OC1CC(OC(C)=O)[C@H]2CC1C2(C)C. The summed E-state index contributed by atoms with van der Waals surface area (Å²) in [6, 6.07) is 0. The number of hydrogen-bond acceptors (Lipinski definition) is 4. The lowest BCUT2D eigenvalue weighted by atomic mass is 9.47. The average molecular weight is 240 g/mol. The summed E-state index contributed by atoms with van der Waals surface area (Å²) >= 11 is 0. The number of hydrogen-bond donors (Lipinski definition) is 0. The van der Waals surface area contributed by atoms with Gasteiger partial charge in [0.2, 0.25) is 0 Å². The molecule has 0 aromatic heterocycles. The molecule has 0 radical (unpaired) electrons. The molecule has 0 spiro atoms. The predicted molar refractivity (Wildman–Crippen MR) is 61.1 cm³/mol. The molecule has 3 saturated carbocycles. The van der Waals surface area contributed by atoms with Gasteiger partial charge in [0, 0.05) is 32.1 Å². The van der Waals surface area contributed by atoms with Crippen LogP contribution in [0.5, 0.6) is 0 Å². The van der Waals surface area contributed by atoms with E-state index in [9.17, 15) is 9.59 Å². The van der Waals surface area contributed by atoms with E-state index in [2.05, 4.69) is 13.8 Å². The van der Waals surface area contributed by atoms with Crippen LogP contribution < -0.4 is 0 Å². The fourth-order valence-electron chi connectivity index (χ4n) is 3.50. The van der Waals surface area contributed by atoms with Crippen molar-refractivity contribution in [2.75, 3.05) is 0 Å². The summed E-state index contributed by atoms with van der Waals surface area (Å²) in [5.74, 6) is 0.307. The van der Waals surface area contributed by atoms with E-state index < -0.39 is 0 Å². The van der Waals surface area contributed by atoms with Crippen molar-refractivity contribution < 1.29 is 19.1 Å². The van der Waals surface area contributed by atoms with Crippen LogP contribution in [0.4, 0.5) is 0 Å². The summed E-state index contributed by atoms with van der Waals surface area (Å²) < 4.78 is 10.7. The highest BCUT2D eigenvalue weighted by atomic mass is 16.6. The molecule has 2 bridgehead atoms. The number of carbonyl (C=O) groups excluding carboxylic acids is 2. The summed E-state index contributed by atoms with van der Waals surface area (Å²) in [6.07, 6.45) is 1.44. The molecule has 0 amide bonds. The molecule has 4 atom stereocenters. The molecular weight excluding hydrogens is 220 g/mol. The van der Waals surface area contributed by atoms with Gasteiger partial charge in [0.05, 0.1) is 0 Å². The van der Waals surface area contributed by atoms with E-state index in [1.807, 2.05) is 0 Å². The topological polar surface area (TPSA) is 52.6 Å². The summed E-state index contributed by atoms with van der Waals surface area (Å²) in [5.41, 5.74) is 0.0957. The molecule has 4 heteroatoms. The maximum atomic E-state index is 11.1. The first-order valence-corrected chi connectivity index (χ1v) is 6.16. The summed E-state index contributed by atoms with van der Waals surface area (Å²) in [6.45, 7) is 7.19. The Morgan fingerprint density at radius 1 is 0.941 bits per heavy atom.